The third kappa shape index (κ3) is 3.70. The molecule has 0 unspecified atom stereocenters. The van der Waals surface area contributed by atoms with Gasteiger partial charge in [0.25, 0.3) is 0 Å². The number of benzene rings is 1. The maximum absolute atomic E-state index is 12.0. The van der Waals surface area contributed by atoms with E-state index in [2.05, 4.69) is 15.4 Å². The van der Waals surface area contributed by atoms with E-state index in [1.807, 2.05) is 0 Å². The van der Waals surface area contributed by atoms with Crippen LogP contribution in [0.3, 0.4) is 0 Å². The Labute approximate surface area is 102 Å². The number of methoxy groups -OCH3 is 1. The van der Waals surface area contributed by atoms with Crippen LogP contribution >= 0.6 is 0 Å². The second-order valence-electron chi connectivity index (χ2n) is 3.25. The van der Waals surface area contributed by atoms with Crippen LogP contribution in [-0.4, -0.2) is 25.9 Å². The number of ether oxygens (including phenoxy) is 2. The summed E-state index contributed by atoms with van der Waals surface area (Å²) in [5.74, 6) is 1.30. The van der Waals surface area contributed by atoms with Gasteiger partial charge in [0.05, 0.1) is 18.2 Å². The molecule has 0 spiro atoms. The molecule has 0 amide bonds. The highest BCUT2D eigenvalue weighted by atomic mass is 19.4. The van der Waals surface area contributed by atoms with Gasteiger partial charge >= 0.3 is 12.1 Å². The minimum absolute atomic E-state index is 0.0636. The molecule has 18 heavy (non-hydrogen) atoms. The van der Waals surface area contributed by atoms with Gasteiger partial charge in [-0.1, -0.05) is 5.92 Å². The molecule has 6 heteroatoms. The van der Waals surface area contributed by atoms with E-state index in [9.17, 15) is 18.0 Å². The molecule has 0 aliphatic heterocycles. The molecule has 1 aromatic carbocycles. The number of alkyl halides is 3. The number of terminal acetylenes is 1. The van der Waals surface area contributed by atoms with E-state index < -0.39 is 18.8 Å². The second kappa shape index (κ2) is 5.45. The van der Waals surface area contributed by atoms with E-state index in [0.29, 0.717) is 0 Å². The number of rotatable bonds is 3. The Hall–Kier alpha value is -2.16. The van der Waals surface area contributed by atoms with E-state index in [0.717, 1.165) is 13.2 Å². The average molecular weight is 258 g/mol. The highest BCUT2D eigenvalue weighted by Crippen LogP contribution is 2.23. The fourth-order valence-corrected chi connectivity index (χ4v) is 1.17. The van der Waals surface area contributed by atoms with Crippen molar-refractivity contribution in [2.75, 3.05) is 13.7 Å². The van der Waals surface area contributed by atoms with Crippen molar-refractivity contribution in [2.45, 2.75) is 6.18 Å². The van der Waals surface area contributed by atoms with Crippen LogP contribution in [-0.2, 0) is 4.74 Å². The van der Waals surface area contributed by atoms with Crippen LogP contribution in [0.25, 0.3) is 0 Å². The van der Waals surface area contributed by atoms with Gasteiger partial charge in [-0.25, -0.2) is 4.79 Å². The smallest absolute Gasteiger partial charge is 0.422 e. The van der Waals surface area contributed by atoms with Crippen LogP contribution in [0.1, 0.15) is 15.9 Å². The number of hydrogen-bond acceptors (Lipinski definition) is 3. The summed E-state index contributed by atoms with van der Waals surface area (Å²) in [5.41, 5.74) is 0.195. The summed E-state index contributed by atoms with van der Waals surface area (Å²) in [7, 11) is 1.16. The quantitative estimate of drug-likeness (QED) is 0.617. The predicted molar refractivity (Wildman–Crippen MR) is 57.3 cm³/mol. The minimum atomic E-state index is -4.48. The first-order chi connectivity index (χ1) is 8.37. The summed E-state index contributed by atoms with van der Waals surface area (Å²) in [6.07, 6.45) is 0.642. The van der Waals surface area contributed by atoms with Crippen LogP contribution in [0.2, 0.25) is 0 Å². The zero-order valence-corrected chi connectivity index (χ0v) is 9.38. The Kier molecular flexibility index (Phi) is 4.21. The lowest BCUT2D eigenvalue weighted by molar-refractivity contribution is -0.153. The highest BCUT2D eigenvalue weighted by Gasteiger charge is 2.29. The molecule has 0 aliphatic rings. The molecule has 96 valence electrons. The largest absolute Gasteiger partial charge is 0.483 e. The fourth-order valence-electron chi connectivity index (χ4n) is 1.17. The third-order valence-electron chi connectivity index (χ3n) is 1.95. The Morgan fingerprint density at radius 1 is 1.44 bits per heavy atom. The molecular weight excluding hydrogens is 249 g/mol. The van der Waals surface area contributed by atoms with Crippen molar-refractivity contribution >= 4 is 5.97 Å². The van der Waals surface area contributed by atoms with Crippen molar-refractivity contribution in [1.29, 1.82) is 0 Å². The Bertz CT molecular complexity index is 486. The first-order valence-corrected chi connectivity index (χ1v) is 4.76. The van der Waals surface area contributed by atoms with Gasteiger partial charge in [0.2, 0.25) is 0 Å². The van der Waals surface area contributed by atoms with Crippen LogP contribution in [0.5, 0.6) is 5.75 Å². The van der Waals surface area contributed by atoms with Gasteiger partial charge in [0, 0.05) is 0 Å². The topological polar surface area (TPSA) is 35.5 Å². The van der Waals surface area contributed by atoms with Crippen molar-refractivity contribution in [1.82, 2.24) is 0 Å². The Balaban J connectivity index is 3.00. The summed E-state index contributed by atoms with van der Waals surface area (Å²) in [4.78, 5) is 11.2. The van der Waals surface area contributed by atoms with Crippen molar-refractivity contribution in [3.8, 4) is 18.1 Å². The molecule has 0 aliphatic carbocycles. The van der Waals surface area contributed by atoms with Crippen LogP contribution in [0, 0.1) is 12.3 Å². The molecule has 0 N–H and O–H groups in total. The summed E-state index contributed by atoms with van der Waals surface area (Å²) in [6.45, 7) is -1.48. The maximum Gasteiger partial charge on any atom is 0.422 e. The Morgan fingerprint density at radius 3 is 2.61 bits per heavy atom. The van der Waals surface area contributed by atoms with Gasteiger partial charge in [0.1, 0.15) is 5.75 Å². The van der Waals surface area contributed by atoms with E-state index in [-0.39, 0.29) is 16.9 Å². The second-order valence-corrected chi connectivity index (χ2v) is 3.25. The Morgan fingerprint density at radius 2 is 2.11 bits per heavy atom. The zero-order chi connectivity index (χ0) is 13.8. The molecule has 1 aromatic rings. The molecule has 0 aromatic heterocycles. The lowest BCUT2D eigenvalue weighted by Crippen LogP contribution is -2.19. The van der Waals surface area contributed by atoms with E-state index >= 15 is 0 Å². The SMILES string of the molecule is C#Cc1ccc(C(=O)OC)cc1OCC(F)(F)F. The van der Waals surface area contributed by atoms with Gasteiger partial charge in [-0.2, -0.15) is 13.2 Å². The van der Waals surface area contributed by atoms with Gasteiger partial charge in [0.15, 0.2) is 6.61 Å². The fraction of sp³-hybridized carbons (Fsp3) is 0.250. The standard InChI is InChI=1S/C12H9F3O3/c1-3-8-4-5-9(11(16)17-2)6-10(8)18-7-12(13,14)15/h1,4-6H,7H2,2H3. The van der Waals surface area contributed by atoms with E-state index in [1.165, 1.54) is 12.1 Å². The molecule has 0 heterocycles. The first kappa shape index (κ1) is 13.9. The minimum Gasteiger partial charge on any atom is -0.483 e. The van der Waals surface area contributed by atoms with Crippen molar-refractivity contribution in [3.63, 3.8) is 0 Å². The molecule has 3 nitrogen and oxygen atoms in total. The molecule has 0 radical (unpaired) electrons. The van der Waals surface area contributed by atoms with Crippen molar-refractivity contribution < 1.29 is 27.4 Å². The van der Waals surface area contributed by atoms with Crippen LogP contribution < -0.4 is 4.74 Å². The summed E-state index contributed by atoms with van der Waals surface area (Å²) >= 11 is 0. The molecule has 0 atom stereocenters. The predicted octanol–water partition coefficient (Wildman–Crippen LogP) is 2.40. The number of esters is 1. The molecule has 0 fully saturated rings. The average Bonchev–Trinajstić information content (AvgIpc) is 2.34. The number of halogens is 3. The summed E-state index contributed by atoms with van der Waals surface area (Å²) < 4.78 is 45.1. The molecule has 0 bridgehead atoms. The van der Waals surface area contributed by atoms with Gasteiger partial charge in [-0.05, 0) is 18.2 Å². The molecular formula is C12H9F3O3. The maximum atomic E-state index is 12.0. The summed E-state index contributed by atoms with van der Waals surface area (Å²) in [5, 5.41) is 0. The van der Waals surface area contributed by atoms with E-state index in [4.69, 9.17) is 6.42 Å². The summed E-state index contributed by atoms with van der Waals surface area (Å²) in [6, 6.07) is 3.78. The number of hydrogen-bond donors (Lipinski definition) is 0. The third-order valence-corrected chi connectivity index (χ3v) is 1.95. The lowest BCUT2D eigenvalue weighted by Gasteiger charge is -2.11. The van der Waals surface area contributed by atoms with Gasteiger partial charge in [-0.15, -0.1) is 6.42 Å². The van der Waals surface area contributed by atoms with Crippen molar-refractivity contribution in [3.05, 3.63) is 29.3 Å². The zero-order valence-electron chi connectivity index (χ0n) is 9.38. The molecule has 0 saturated heterocycles. The van der Waals surface area contributed by atoms with Gasteiger partial charge < -0.3 is 9.47 Å². The van der Waals surface area contributed by atoms with Crippen LogP contribution in [0.15, 0.2) is 18.2 Å². The van der Waals surface area contributed by atoms with E-state index in [1.54, 1.807) is 0 Å². The highest BCUT2D eigenvalue weighted by molar-refractivity contribution is 5.90. The number of carbonyl (C=O) groups excluding carboxylic acids is 1. The molecule has 0 saturated carbocycles. The van der Waals surface area contributed by atoms with Gasteiger partial charge in [-0.3, -0.25) is 0 Å². The monoisotopic (exact) mass is 258 g/mol. The first-order valence-electron chi connectivity index (χ1n) is 4.76. The van der Waals surface area contributed by atoms with Crippen molar-refractivity contribution in [2.24, 2.45) is 0 Å². The molecule has 1 rings (SSSR count). The normalized spacial score (nSPS) is 10.6. The van der Waals surface area contributed by atoms with Crippen LogP contribution in [0.4, 0.5) is 13.2 Å². The number of carbonyl (C=O) groups is 1. The lowest BCUT2D eigenvalue weighted by atomic mass is 10.1.